The van der Waals surface area contributed by atoms with E-state index in [1.807, 2.05) is 35.2 Å². The highest BCUT2D eigenvalue weighted by Crippen LogP contribution is 2.43. The van der Waals surface area contributed by atoms with Crippen molar-refractivity contribution in [1.82, 2.24) is 14.9 Å². The number of likely N-dealkylation sites (tertiary alicyclic amines) is 1. The van der Waals surface area contributed by atoms with Crippen molar-refractivity contribution in [3.63, 3.8) is 0 Å². The van der Waals surface area contributed by atoms with Gasteiger partial charge in [0.05, 0.1) is 11.8 Å². The van der Waals surface area contributed by atoms with Gasteiger partial charge in [-0.1, -0.05) is 53.3 Å². The number of amides is 2. The van der Waals surface area contributed by atoms with Crippen LogP contribution in [0.15, 0.2) is 30.3 Å². The SMILES string of the molecule is COc1nc(Cl)c(-c2ccccc2)c2sc(NC(=O)N3CCC4(CCOCC4)C3)nc12. The molecule has 5 rings (SSSR count). The Morgan fingerprint density at radius 2 is 2.00 bits per heavy atom. The zero-order valence-electron chi connectivity index (χ0n) is 17.2. The average molecular weight is 459 g/mol. The number of aromatic nitrogens is 2. The second-order valence-corrected chi connectivity index (χ2v) is 9.42. The number of hydrogen-bond acceptors (Lipinski definition) is 6. The minimum absolute atomic E-state index is 0.123. The van der Waals surface area contributed by atoms with E-state index in [0.29, 0.717) is 21.7 Å². The van der Waals surface area contributed by atoms with E-state index < -0.39 is 0 Å². The average Bonchev–Trinajstić information content (AvgIpc) is 3.39. The predicted molar refractivity (Wildman–Crippen MR) is 122 cm³/mol. The van der Waals surface area contributed by atoms with Crippen molar-refractivity contribution < 1.29 is 14.3 Å². The van der Waals surface area contributed by atoms with Crippen LogP contribution in [0.1, 0.15) is 19.3 Å². The van der Waals surface area contributed by atoms with Gasteiger partial charge < -0.3 is 14.4 Å². The second kappa shape index (κ2) is 8.26. The van der Waals surface area contributed by atoms with Gasteiger partial charge in [0, 0.05) is 31.9 Å². The van der Waals surface area contributed by atoms with Gasteiger partial charge in [-0.15, -0.1) is 0 Å². The molecule has 0 radical (unpaired) electrons. The van der Waals surface area contributed by atoms with Crippen molar-refractivity contribution in [3.8, 4) is 17.0 Å². The molecule has 2 aromatic heterocycles. The number of hydrogen-bond donors (Lipinski definition) is 1. The third-order valence-corrected chi connectivity index (χ3v) is 7.47. The summed E-state index contributed by atoms with van der Waals surface area (Å²) in [5.41, 5.74) is 2.52. The van der Waals surface area contributed by atoms with Crippen LogP contribution in [0.2, 0.25) is 5.15 Å². The van der Waals surface area contributed by atoms with E-state index >= 15 is 0 Å². The number of urea groups is 1. The number of halogens is 1. The van der Waals surface area contributed by atoms with Gasteiger partial charge in [-0.05, 0) is 30.2 Å². The van der Waals surface area contributed by atoms with E-state index in [0.717, 1.165) is 61.4 Å². The van der Waals surface area contributed by atoms with Gasteiger partial charge in [-0.25, -0.2) is 9.78 Å². The molecule has 0 aliphatic carbocycles. The van der Waals surface area contributed by atoms with Crippen LogP contribution < -0.4 is 10.1 Å². The molecule has 0 atom stereocenters. The number of ether oxygens (including phenoxy) is 2. The Labute approximate surface area is 189 Å². The molecule has 2 aliphatic rings. The molecule has 0 bridgehead atoms. The van der Waals surface area contributed by atoms with E-state index in [-0.39, 0.29) is 11.4 Å². The van der Waals surface area contributed by atoms with E-state index in [1.165, 1.54) is 18.4 Å². The third kappa shape index (κ3) is 3.84. The van der Waals surface area contributed by atoms with Gasteiger partial charge >= 0.3 is 6.03 Å². The lowest BCUT2D eigenvalue weighted by Crippen LogP contribution is -2.37. The van der Waals surface area contributed by atoms with Crippen LogP contribution in [-0.4, -0.2) is 54.3 Å². The number of nitrogens with zero attached hydrogens (tertiary/aromatic N) is 3. The fraction of sp³-hybridized carbons (Fsp3) is 0.409. The number of rotatable bonds is 3. The van der Waals surface area contributed by atoms with Crippen molar-refractivity contribution in [2.75, 3.05) is 38.7 Å². The minimum atomic E-state index is -0.123. The molecule has 4 heterocycles. The van der Waals surface area contributed by atoms with Crippen molar-refractivity contribution in [1.29, 1.82) is 0 Å². The predicted octanol–water partition coefficient (Wildman–Crippen LogP) is 5.05. The molecule has 0 saturated carbocycles. The number of carbonyl (C=O) groups excluding carboxylic acids is 1. The molecule has 162 valence electrons. The summed E-state index contributed by atoms with van der Waals surface area (Å²) in [5.74, 6) is 0.346. The lowest BCUT2D eigenvalue weighted by molar-refractivity contribution is 0.0211. The summed E-state index contributed by atoms with van der Waals surface area (Å²) in [4.78, 5) is 23.9. The fourth-order valence-electron chi connectivity index (χ4n) is 4.47. The van der Waals surface area contributed by atoms with E-state index in [1.54, 1.807) is 0 Å². The summed E-state index contributed by atoms with van der Waals surface area (Å²) in [7, 11) is 1.54. The maximum Gasteiger partial charge on any atom is 0.323 e. The summed E-state index contributed by atoms with van der Waals surface area (Å²) in [5, 5.41) is 3.83. The summed E-state index contributed by atoms with van der Waals surface area (Å²) in [6.07, 6.45) is 3.05. The molecule has 9 heteroatoms. The number of thiazole rings is 1. The largest absolute Gasteiger partial charge is 0.479 e. The van der Waals surface area contributed by atoms with Gasteiger partial charge in [-0.2, -0.15) is 4.98 Å². The first-order valence-corrected chi connectivity index (χ1v) is 11.5. The number of methoxy groups -OCH3 is 1. The Balaban J connectivity index is 1.44. The maximum absolute atomic E-state index is 13.0. The van der Waals surface area contributed by atoms with Crippen molar-refractivity contribution in [2.45, 2.75) is 19.3 Å². The Bertz CT molecular complexity index is 1110. The smallest absolute Gasteiger partial charge is 0.323 e. The van der Waals surface area contributed by atoms with Gasteiger partial charge in [-0.3, -0.25) is 5.32 Å². The topological polar surface area (TPSA) is 76.6 Å². The van der Waals surface area contributed by atoms with Crippen molar-refractivity contribution >= 4 is 44.3 Å². The Morgan fingerprint density at radius 1 is 1.23 bits per heavy atom. The lowest BCUT2D eigenvalue weighted by atomic mass is 9.80. The first-order chi connectivity index (χ1) is 15.1. The molecular weight excluding hydrogens is 436 g/mol. The van der Waals surface area contributed by atoms with Gasteiger partial charge in [0.15, 0.2) is 5.13 Å². The van der Waals surface area contributed by atoms with E-state index in [2.05, 4.69) is 15.3 Å². The maximum atomic E-state index is 13.0. The van der Waals surface area contributed by atoms with Crippen LogP contribution in [0.25, 0.3) is 21.3 Å². The molecule has 3 aromatic rings. The van der Waals surface area contributed by atoms with Crippen LogP contribution in [-0.2, 0) is 4.74 Å². The fourth-order valence-corrected chi connectivity index (χ4v) is 5.82. The van der Waals surface area contributed by atoms with Crippen LogP contribution in [0.3, 0.4) is 0 Å². The molecule has 1 aromatic carbocycles. The second-order valence-electron chi connectivity index (χ2n) is 8.06. The molecular formula is C22H23ClN4O3S. The van der Waals surface area contributed by atoms with Crippen LogP contribution >= 0.6 is 22.9 Å². The zero-order valence-corrected chi connectivity index (χ0v) is 18.8. The molecule has 2 amide bonds. The van der Waals surface area contributed by atoms with Crippen molar-refractivity contribution in [3.05, 3.63) is 35.5 Å². The number of benzene rings is 1. The number of pyridine rings is 1. The Hall–Kier alpha value is -2.42. The first kappa shape index (κ1) is 20.5. The van der Waals surface area contributed by atoms with Gasteiger partial charge in [0.1, 0.15) is 10.7 Å². The molecule has 31 heavy (non-hydrogen) atoms. The highest BCUT2D eigenvalue weighted by atomic mass is 35.5. The van der Waals surface area contributed by atoms with Gasteiger partial charge in [0.2, 0.25) is 5.88 Å². The van der Waals surface area contributed by atoms with Crippen molar-refractivity contribution in [2.24, 2.45) is 5.41 Å². The molecule has 2 aliphatic heterocycles. The third-order valence-electron chi connectivity index (χ3n) is 6.21. The first-order valence-electron chi connectivity index (χ1n) is 10.3. The minimum Gasteiger partial charge on any atom is -0.479 e. The van der Waals surface area contributed by atoms with Crippen LogP contribution in [0, 0.1) is 5.41 Å². The number of nitrogens with one attached hydrogen (secondary N) is 1. The molecule has 0 unspecified atom stereocenters. The van der Waals surface area contributed by atoms with E-state index in [9.17, 15) is 4.79 Å². The quantitative estimate of drug-likeness (QED) is 0.555. The van der Waals surface area contributed by atoms with Gasteiger partial charge in [0.25, 0.3) is 0 Å². The standard InChI is InChI=1S/C22H23ClN4O3S/c1-29-19-16-17(15(18(23)25-19)14-5-3-2-4-6-14)31-20(24-16)26-21(28)27-10-7-22(13-27)8-11-30-12-9-22/h2-6H,7-13H2,1H3,(H,24,26,28). The monoisotopic (exact) mass is 458 g/mol. The lowest BCUT2D eigenvalue weighted by Gasteiger charge is -2.33. The molecule has 7 nitrogen and oxygen atoms in total. The summed E-state index contributed by atoms with van der Waals surface area (Å²) >= 11 is 7.89. The molecule has 2 saturated heterocycles. The normalized spacial score (nSPS) is 17.9. The van der Waals surface area contributed by atoms with E-state index in [4.69, 9.17) is 21.1 Å². The van der Waals surface area contributed by atoms with Crippen LogP contribution in [0.5, 0.6) is 5.88 Å². The number of carbonyl (C=O) groups is 1. The Kier molecular flexibility index (Phi) is 5.45. The summed E-state index contributed by atoms with van der Waals surface area (Å²) < 4.78 is 11.7. The highest BCUT2D eigenvalue weighted by molar-refractivity contribution is 7.23. The highest BCUT2D eigenvalue weighted by Gasteiger charge is 2.41. The number of anilines is 1. The van der Waals surface area contributed by atoms with Crippen LogP contribution in [0.4, 0.5) is 9.93 Å². The Morgan fingerprint density at radius 3 is 2.74 bits per heavy atom. The zero-order chi connectivity index (χ0) is 21.4. The summed E-state index contributed by atoms with van der Waals surface area (Å²) in [6.45, 7) is 3.08. The molecule has 2 fully saturated rings. The summed E-state index contributed by atoms with van der Waals surface area (Å²) in [6, 6.07) is 9.68. The molecule has 1 spiro atoms. The molecule has 1 N–H and O–H groups in total. The number of fused-ring (bicyclic) bond motifs is 1.